The highest BCUT2D eigenvalue weighted by molar-refractivity contribution is 6.31. The van der Waals surface area contributed by atoms with Crippen LogP contribution in [0.1, 0.15) is 19.4 Å². The Labute approximate surface area is 223 Å². The molecule has 2 atom stereocenters. The maximum Gasteiger partial charge on any atom is 0.294 e. The first-order chi connectivity index (χ1) is 18.0. The summed E-state index contributed by atoms with van der Waals surface area (Å²) >= 11 is 5.98. The molecular formula is C25H27ClFN7O4. The fourth-order valence-corrected chi connectivity index (χ4v) is 4.94. The van der Waals surface area contributed by atoms with E-state index in [4.69, 9.17) is 16.3 Å². The molecule has 0 aliphatic carbocycles. The van der Waals surface area contributed by atoms with Crippen LogP contribution in [0.25, 0.3) is 0 Å². The number of halogens is 2. The molecule has 0 amide bonds. The Morgan fingerprint density at radius 2 is 2.05 bits per heavy atom. The van der Waals surface area contributed by atoms with Gasteiger partial charge in [-0.15, -0.1) is 0 Å². The standard InChI is InChI=1S/C25H27ClFN7O4/c1-25(2,35)14-6-16(27)15(26)7-17(14)30-23-4-5-28-24(32-23)31-18-8-21(34(36)37)20(9-22(18)38-3)33-11-13-10-29-19(13)12-33/h4-9,13,19,29,35H,10-12H2,1-3H3,(H2,28,30,31,32)/t13-,19+/m0/s1. The van der Waals surface area contributed by atoms with Crippen LogP contribution in [0.4, 0.5) is 38.9 Å². The predicted molar refractivity (Wildman–Crippen MR) is 142 cm³/mol. The zero-order valence-electron chi connectivity index (χ0n) is 21.0. The van der Waals surface area contributed by atoms with Crippen molar-refractivity contribution in [1.82, 2.24) is 15.3 Å². The summed E-state index contributed by atoms with van der Waals surface area (Å²) in [6.45, 7) is 5.40. The number of ether oxygens (including phenoxy) is 1. The number of anilines is 5. The highest BCUT2D eigenvalue weighted by Gasteiger charge is 2.41. The second-order valence-electron chi connectivity index (χ2n) is 9.86. The summed E-state index contributed by atoms with van der Waals surface area (Å²) in [5.74, 6) is 0.677. The van der Waals surface area contributed by atoms with Crippen molar-refractivity contribution in [1.29, 1.82) is 0 Å². The molecule has 13 heteroatoms. The minimum Gasteiger partial charge on any atom is -0.494 e. The largest absolute Gasteiger partial charge is 0.494 e. The van der Waals surface area contributed by atoms with E-state index < -0.39 is 16.3 Å². The van der Waals surface area contributed by atoms with Crippen LogP contribution in [-0.2, 0) is 5.60 Å². The molecule has 0 unspecified atom stereocenters. The van der Waals surface area contributed by atoms with Crippen LogP contribution in [0.5, 0.6) is 5.75 Å². The Morgan fingerprint density at radius 3 is 2.66 bits per heavy atom. The summed E-state index contributed by atoms with van der Waals surface area (Å²) in [7, 11) is 1.49. The van der Waals surface area contributed by atoms with Gasteiger partial charge in [-0.3, -0.25) is 10.1 Å². The molecular weight excluding hydrogens is 517 g/mol. The summed E-state index contributed by atoms with van der Waals surface area (Å²) in [5, 5.41) is 31.8. The van der Waals surface area contributed by atoms with Gasteiger partial charge in [0.15, 0.2) is 0 Å². The van der Waals surface area contributed by atoms with Crippen molar-refractivity contribution in [3.63, 3.8) is 0 Å². The number of fused-ring (bicyclic) bond motifs is 1. The lowest BCUT2D eigenvalue weighted by molar-refractivity contribution is -0.384. The number of benzene rings is 2. The third-order valence-electron chi connectivity index (χ3n) is 6.80. The third kappa shape index (κ3) is 5.02. The number of hydrogen-bond donors (Lipinski definition) is 4. The van der Waals surface area contributed by atoms with Gasteiger partial charge in [-0.2, -0.15) is 4.98 Å². The van der Waals surface area contributed by atoms with Gasteiger partial charge in [0.25, 0.3) is 5.69 Å². The van der Waals surface area contributed by atoms with E-state index in [1.807, 2.05) is 4.90 Å². The number of rotatable bonds is 8. The van der Waals surface area contributed by atoms with Crippen molar-refractivity contribution >= 4 is 46.1 Å². The molecule has 4 N–H and O–H groups in total. The zero-order valence-corrected chi connectivity index (χ0v) is 21.7. The fourth-order valence-electron chi connectivity index (χ4n) is 4.78. The van der Waals surface area contributed by atoms with Gasteiger partial charge in [-0.25, -0.2) is 9.37 Å². The van der Waals surface area contributed by atoms with E-state index in [0.29, 0.717) is 47.1 Å². The van der Waals surface area contributed by atoms with E-state index in [-0.39, 0.29) is 22.2 Å². The summed E-state index contributed by atoms with van der Waals surface area (Å²) in [6.07, 6.45) is 1.48. The number of nitrogens with one attached hydrogen (secondary N) is 3. The Morgan fingerprint density at radius 1 is 1.26 bits per heavy atom. The lowest BCUT2D eigenvalue weighted by Crippen LogP contribution is -2.51. The van der Waals surface area contributed by atoms with Gasteiger partial charge in [-0.05, 0) is 32.0 Å². The molecule has 2 aliphatic rings. The minimum atomic E-state index is -1.36. The van der Waals surface area contributed by atoms with E-state index in [0.717, 1.165) is 13.1 Å². The zero-order chi connectivity index (χ0) is 27.2. The molecule has 0 bridgehead atoms. The van der Waals surface area contributed by atoms with Crippen LogP contribution >= 0.6 is 11.6 Å². The van der Waals surface area contributed by atoms with Crippen LogP contribution < -0.4 is 25.6 Å². The predicted octanol–water partition coefficient (Wildman–Crippen LogP) is 4.31. The van der Waals surface area contributed by atoms with E-state index in [2.05, 4.69) is 25.9 Å². The van der Waals surface area contributed by atoms with Gasteiger partial charge < -0.3 is 30.7 Å². The third-order valence-corrected chi connectivity index (χ3v) is 7.09. The average molecular weight is 544 g/mol. The van der Waals surface area contributed by atoms with Crippen molar-refractivity contribution in [2.45, 2.75) is 25.5 Å². The first-order valence-electron chi connectivity index (χ1n) is 12.0. The van der Waals surface area contributed by atoms with Crippen molar-refractivity contribution in [3.05, 3.63) is 63.0 Å². The van der Waals surface area contributed by atoms with Crippen LogP contribution in [0.3, 0.4) is 0 Å². The number of aromatic nitrogens is 2. The number of methoxy groups -OCH3 is 1. The number of hydrogen-bond acceptors (Lipinski definition) is 10. The SMILES string of the molecule is COc1cc(N2C[C@@H]3CN[C@@H]3C2)c([N+](=O)[O-])cc1Nc1nccc(Nc2cc(Cl)c(F)cc2C(C)(C)O)n1. The lowest BCUT2D eigenvalue weighted by atomic mass is 9.96. The van der Waals surface area contributed by atoms with Crippen molar-refractivity contribution in [2.24, 2.45) is 5.92 Å². The first kappa shape index (κ1) is 25.9. The van der Waals surface area contributed by atoms with Crippen LogP contribution in [-0.4, -0.2) is 52.8 Å². The molecule has 2 fully saturated rings. The summed E-state index contributed by atoms with van der Waals surface area (Å²) in [5.41, 5.74) is 0.0476. The van der Waals surface area contributed by atoms with Crippen molar-refractivity contribution in [2.75, 3.05) is 42.3 Å². The van der Waals surface area contributed by atoms with E-state index >= 15 is 0 Å². The summed E-state index contributed by atoms with van der Waals surface area (Å²) in [4.78, 5) is 22.2. The van der Waals surface area contributed by atoms with Gasteiger partial charge in [0.2, 0.25) is 5.95 Å². The van der Waals surface area contributed by atoms with Crippen LogP contribution in [0.15, 0.2) is 36.5 Å². The Balaban J connectivity index is 1.44. The number of nitrogens with zero attached hydrogens (tertiary/aromatic N) is 4. The van der Waals surface area contributed by atoms with Crippen molar-refractivity contribution in [3.8, 4) is 5.75 Å². The quantitative estimate of drug-likeness (QED) is 0.240. The van der Waals surface area contributed by atoms with E-state index in [1.54, 1.807) is 12.1 Å². The second-order valence-corrected chi connectivity index (χ2v) is 10.3. The molecule has 1 aromatic heterocycles. The molecule has 0 saturated carbocycles. The molecule has 5 rings (SSSR count). The Hall–Kier alpha value is -3.74. The van der Waals surface area contributed by atoms with Gasteiger partial charge in [0, 0.05) is 61.2 Å². The average Bonchev–Trinajstić information content (AvgIpc) is 3.14. The topological polar surface area (TPSA) is 138 Å². The van der Waals surface area contributed by atoms with E-state index in [1.165, 1.54) is 45.4 Å². The number of nitro benzene ring substituents is 1. The molecule has 2 aliphatic heterocycles. The highest BCUT2D eigenvalue weighted by atomic mass is 35.5. The Bertz CT molecular complexity index is 1390. The molecule has 3 aromatic rings. The molecule has 2 aromatic carbocycles. The van der Waals surface area contributed by atoms with Gasteiger partial charge in [0.05, 0.1) is 28.3 Å². The summed E-state index contributed by atoms with van der Waals surface area (Å²) in [6, 6.07) is 7.52. The minimum absolute atomic E-state index is 0.0559. The van der Waals surface area contributed by atoms with Crippen LogP contribution in [0, 0.1) is 21.8 Å². The smallest absolute Gasteiger partial charge is 0.294 e. The summed E-state index contributed by atoms with van der Waals surface area (Å²) < 4.78 is 19.6. The maximum atomic E-state index is 14.1. The lowest BCUT2D eigenvalue weighted by Gasteiger charge is -2.29. The molecule has 11 nitrogen and oxygen atoms in total. The Kier molecular flexibility index (Phi) is 6.72. The highest BCUT2D eigenvalue weighted by Crippen LogP contribution is 2.42. The van der Waals surface area contributed by atoms with Gasteiger partial charge in [-0.1, -0.05) is 11.6 Å². The van der Waals surface area contributed by atoms with Crippen LogP contribution in [0.2, 0.25) is 5.02 Å². The molecule has 200 valence electrons. The number of aliphatic hydroxyl groups is 1. The molecule has 3 heterocycles. The van der Waals surface area contributed by atoms with Gasteiger partial charge in [0.1, 0.15) is 23.1 Å². The second kappa shape index (κ2) is 9.86. The van der Waals surface area contributed by atoms with Gasteiger partial charge >= 0.3 is 0 Å². The first-order valence-corrected chi connectivity index (χ1v) is 12.3. The molecule has 2 saturated heterocycles. The molecule has 0 spiro atoms. The molecule has 0 radical (unpaired) electrons. The van der Waals surface area contributed by atoms with Crippen molar-refractivity contribution < 1.29 is 19.2 Å². The normalized spacial score (nSPS) is 18.5. The molecule has 38 heavy (non-hydrogen) atoms. The fraction of sp³-hybridized carbons (Fsp3) is 0.360. The monoisotopic (exact) mass is 543 g/mol. The van der Waals surface area contributed by atoms with E-state index in [9.17, 15) is 19.6 Å². The maximum absolute atomic E-state index is 14.1. The number of nitro groups is 1.